The van der Waals surface area contributed by atoms with Crippen molar-refractivity contribution in [1.29, 1.82) is 0 Å². The number of hydrogen-bond acceptors (Lipinski definition) is 3. The largest absolute Gasteiger partial charge is 0.341 e. The molecule has 0 aliphatic rings. The lowest BCUT2D eigenvalue weighted by Gasteiger charge is -2.26. The number of para-hydroxylation sites is 2. The fraction of sp³-hybridized carbons (Fsp3) is 0.194. The van der Waals surface area contributed by atoms with Crippen molar-refractivity contribution in [3.63, 3.8) is 0 Å². The highest BCUT2D eigenvalue weighted by molar-refractivity contribution is 7.92. The number of nitrogens with one attached hydrogen (secondary N) is 1. The van der Waals surface area contributed by atoms with Gasteiger partial charge >= 0.3 is 0 Å². The van der Waals surface area contributed by atoms with E-state index >= 15 is 0 Å². The van der Waals surface area contributed by atoms with E-state index in [1.807, 2.05) is 62.4 Å². The fourth-order valence-corrected chi connectivity index (χ4v) is 6.17. The van der Waals surface area contributed by atoms with Gasteiger partial charge in [-0.15, -0.1) is 0 Å². The molecule has 0 aliphatic heterocycles. The lowest BCUT2D eigenvalue weighted by molar-refractivity contribution is 0.102. The van der Waals surface area contributed by atoms with Crippen LogP contribution >= 0.6 is 0 Å². The molecule has 0 spiro atoms. The Kier molecular flexibility index (Phi) is 6.71. The van der Waals surface area contributed by atoms with Crippen LogP contribution in [-0.4, -0.2) is 25.1 Å². The highest BCUT2D eigenvalue weighted by atomic mass is 32.2. The minimum Gasteiger partial charge on any atom is -0.341 e. The highest BCUT2D eigenvalue weighted by Gasteiger charge is 2.21. The Labute approximate surface area is 223 Å². The molecule has 0 saturated carbocycles. The lowest BCUT2D eigenvalue weighted by atomic mass is 10.1. The maximum atomic E-state index is 13.1. The number of carbonyl (C=O) groups excluding carboxylic acids is 1. The number of aromatic nitrogens is 1. The van der Waals surface area contributed by atoms with E-state index in [-0.39, 0.29) is 12.5 Å². The summed E-state index contributed by atoms with van der Waals surface area (Å²) in [7, 11) is -3.51. The van der Waals surface area contributed by atoms with Gasteiger partial charge in [-0.1, -0.05) is 48.5 Å². The van der Waals surface area contributed by atoms with Gasteiger partial charge in [0.2, 0.25) is 10.0 Å². The number of sulfonamides is 1. The standard InChI is InChI=1S/C31H31N3O3S/c1-5-33-28-12-7-6-11-26(28)27-19-25(17-18-29(27)33)32-31(35)24-15-13-23(14-16-24)20-34(38(4,36)37)30-21(2)9-8-10-22(30)3/h6-19H,5,20H2,1-4H3,(H,32,35). The number of rotatable bonds is 7. The van der Waals surface area contributed by atoms with Crippen LogP contribution in [0.15, 0.2) is 84.9 Å². The van der Waals surface area contributed by atoms with E-state index in [9.17, 15) is 13.2 Å². The number of hydrogen-bond donors (Lipinski definition) is 1. The molecule has 38 heavy (non-hydrogen) atoms. The van der Waals surface area contributed by atoms with Crippen molar-refractivity contribution < 1.29 is 13.2 Å². The van der Waals surface area contributed by atoms with Gasteiger partial charge in [0.15, 0.2) is 0 Å². The van der Waals surface area contributed by atoms with Crippen molar-refractivity contribution >= 4 is 49.1 Å². The summed E-state index contributed by atoms with van der Waals surface area (Å²) in [5.74, 6) is -0.218. The summed E-state index contributed by atoms with van der Waals surface area (Å²) in [6, 6.07) is 27.1. The minimum absolute atomic E-state index is 0.185. The lowest BCUT2D eigenvalue weighted by Crippen LogP contribution is -2.30. The second-order valence-electron chi connectivity index (χ2n) is 9.65. The summed E-state index contributed by atoms with van der Waals surface area (Å²) >= 11 is 0. The van der Waals surface area contributed by atoms with E-state index < -0.39 is 10.0 Å². The molecule has 1 N–H and O–H groups in total. The van der Waals surface area contributed by atoms with E-state index in [0.717, 1.165) is 45.2 Å². The molecule has 0 atom stereocenters. The molecule has 0 unspecified atom stereocenters. The Morgan fingerprint density at radius 2 is 1.50 bits per heavy atom. The van der Waals surface area contributed by atoms with Crippen LogP contribution < -0.4 is 9.62 Å². The average Bonchev–Trinajstić information content (AvgIpc) is 3.20. The fourth-order valence-electron chi connectivity index (χ4n) is 5.16. The van der Waals surface area contributed by atoms with Crippen LogP contribution in [0.4, 0.5) is 11.4 Å². The average molecular weight is 526 g/mol. The van der Waals surface area contributed by atoms with E-state index in [1.165, 1.54) is 16.1 Å². The molecule has 0 bridgehead atoms. The Balaban J connectivity index is 1.38. The van der Waals surface area contributed by atoms with Crippen molar-refractivity contribution in [2.75, 3.05) is 15.9 Å². The number of nitrogens with zero attached hydrogens (tertiary/aromatic N) is 2. The summed E-state index contributed by atoms with van der Waals surface area (Å²) in [6.07, 6.45) is 1.22. The van der Waals surface area contributed by atoms with Crippen molar-refractivity contribution in [3.8, 4) is 0 Å². The third-order valence-electron chi connectivity index (χ3n) is 6.98. The monoisotopic (exact) mass is 525 g/mol. The molecule has 5 rings (SSSR count). The van der Waals surface area contributed by atoms with Gasteiger partial charge in [0, 0.05) is 39.6 Å². The van der Waals surface area contributed by atoms with Crippen LogP contribution in [0.5, 0.6) is 0 Å². The summed E-state index contributed by atoms with van der Waals surface area (Å²) < 4.78 is 29.0. The van der Waals surface area contributed by atoms with E-state index in [0.29, 0.717) is 11.3 Å². The molecule has 1 amide bonds. The minimum atomic E-state index is -3.51. The van der Waals surface area contributed by atoms with Gasteiger partial charge in [0.05, 0.1) is 18.5 Å². The van der Waals surface area contributed by atoms with Crippen molar-refractivity contribution in [2.24, 2.45) is 0 Å². The smallest absolute Gasteiger partial charge is 0.255 e. The van der Waals surface area contributed by atoms with Crippen LogP contribution in [0.2, 0.25) is 0 Å². The summed E-state index contributed by atoms with van der Waals surface area (Å²) in [4.78, 5) is 13.1. The zero-order valence-corrected chi connectivity index (χ0v) is 22.8. The molecule has 0 saturated heterocycles. The second-order valence-corrected chi connectivity index (χ2v) is 11.6. The molecule has 194 valence electrons. The van der Waals surface area contributed by atoms with Gasteiger partial charge in [-0.3, -0.25) is 9.10 Å². The first-order valence-electron chi connectivity index (χ1n) is 12.6. The van der Waals surface area contributed by atoms with E-state index in [1.54, 1.807) is 24.3 Å². The van der Waals surface area contributed by atoms with Gasteiger partial charge in [-0.05, 0) is 73.9 Å². The van der Waals surface area contributed by atoms with Crippen LogP contribution in [-0.2, 0) is 23.1 Å². The second kappa shape index (κ2) is 9.99. The van der Waals surface area contributed by atoms with Crippen molar-refractivity contribution in [3.05, 3.63) is 107 Å². The van der Waals surface area contributed by atoms with Gasteiger partial charge in [-0.2, -0.15) is 0 Å². The van der Waals surface area contributed by atoms with Crippen LogP contribution in [0.1, 0.15) is 34.0 Å². The number of fused-ring (bicyclic) bond motifs is 3. The Bertz CT molecular complexity index is 1750. The van der Waals surface area contributed by atoms with Crippen LogP contribution in [0, 0.1) is 13.8 Å². The Morgan fingerprint density at radius 1 is 0.842 bits per heavy atom. The highest BCUT2D eigenvalue weighted by Crippen LogP contribution is 2.31. The maximum Gasteiger partial charge on any atom is 0.255 e. The number of anilines is 2. The maximum absolute atomic E-state index is 13.1. The van der Waals surface area contributed by atoms with Crippen molar-refractivity contribution in [2.45, 2.75) is 33.9 Å². The molecule has 0 fully saturated rings. The summed E-state index contributed by atoms with van der Waals surface area (Å²) in [5.41, 5.74) is 6.81. The molecule has 5 aromatic rings. The molecular formula is C31H31N3O3S. The normalized spacial score (nSPS) is 11.7. The first-order chi connectivity index (χ1) is 18.2. The van der Waals surface area contributed by atoms with Crippen LogP contribution in [0.3, 0.4) is 0 Å². The zero-order valence-electron chi connectivity index (χ0n) is 22.0. The zero-order chi connectivity index (χ0) is 27.0. The molecule has 0 aliphatic carbocycles. The number of benzene rings is 4. The molecule has 4 aromatic carbocycles. The van der Waals surface area contributed by atoms with Gasteiger partial charge in [-0.25, -0.2) is 8.42 Å². The molecule has 6 nitrogen and oxygen atoms in total. The predicted octanol–water partition coefficient (Wildman–Crippen LogP) is 6.65. The third kappa shape index (κ3) is 4.77. The van der Waals surface area contributed by atoms with Crippen LogP contribution in [0.25, 0.3) is 21.8 Å². The van der Waals surface area contributed by atoms with Gasteiger partial charge in [0.25, 0.3) is 5.91 Å². The molecule has 1 aromatic heterocycles. The molecule has 1 heterocycles. The summed E-state index contributed by atoms with van der Waals surface area (Å²) in [6.45, 7) is 6.99. The number of carbonyl (C=O) groups is 1. The first-order valence-corrected chi connectivity index (χ1v) is 14.5. The van der Waals surface area contributed by atoms with Crippen molar-refractivity contribution in [1.82, 2.24) is 4.57 Å². The predicted molar refractivity (Wildman–Crippen MR) is 156 cm³/mol. The molecule has 0 radical (unpaired) electrons. The number of aryl methyl sites for hydroxylation is 3. The quantitative estimate of drug-likeness (QED) is 0.259. The van der Waals surface area contributed by atoms with Gasteiger partial charge < -0.3 is 9.88 Å². The van der Waals surface area contributed by atoms with Gasteiger partial charge in [0.1, 0.15) is 0 Å². The SMILES string of the molecule is CCn1c2ccccc2c2cc(NC(=O)c3ccc(CN(c4c(C)cccc4C)S(C)(=O)=O)cc3)ccc21. The Morgan fingerprint density at radius 3 is 2.16 bits per heavy atom. The third-order valence-corrected chi connectivity index (χ3v) is 8.09. The summed E-state index contributed by atoms with van der Waals surface area (Å²) in [5, 5.41) is 5.27. The molecular weight excluding hydrogens is 494 g/mol. The number of amides is 1. The topological polar surface area (TPSA) is 71.4 Å². The van der Waals surface area contributed by atoms with E-state index in [2.05, 4.69) is 28.9 Å². The van der Waals surface area contributed by atoms with E-state index in [4.69, 9.17) is 0 Å². The Hall–Kier alpha value is -4.10. The first kappa shape index (κ1) is 25.5. The molecule has 7 heteroatoms.